The third-order valence-electron chi connectivity index (χ3n) is 2.37. The molecule has 1 aromatic carbocycles. The van der Waals surface area contributed by atoms with E-state index in [-0.39, 0.29) is 5.75 Å². The van der Waals surface area contributed by atoms with Crippen LogP contribution in [-0.4, -0.2) is 16.3 Å². The molecule has 0 aromatic heterocycles. The lowest BCUT2D eigenvalue weighted by molar-refractivity contribution is 0.139. The van der Waals surface area contributed by atoms with Crippen LogP contribution in [0.4, 0.5) is 0 Å². The van der Waals surface area contributed by atoms with Crippen LogP contribution in [-0.2, 0) is 0 Å². The Kier molecular flexibility index (Phi) is 3.49. The zero-order valence-corrected chi connectivity index (χ0v) is 8.57. The van der Waals surface area contributed by atoms with Crippen LogP contribution in [0.15, 0.2) is 18.2 Å². The van der Waals surface area contributed by atoms with Crippen molar-refractivity contribution in [3.8, 4) is 5.75 Å². The van der Waals surface area contributed by atoms with Gasteiger partial charge in [0, 0.05) is 5.56 Å². The molecule has 0 saturated heterocycles. The van der Waals surface area contributed by atoms with Crippen LogP contribution < -0.4 is 5.73 Å². The predicted octanol–water partition coefficient (Wildman–Crippen LogP) is 1.47. The second-order valence-electron chi connectivity index (χ2n) is 3.56. The molecule has 14 heavy (non-hydrogen) atoms. The zero-order chi connectivity index (χ0) is 10.7. The van der Waals surface area contributed by atoms with Crippen molar-refractivity contribution < 1.29 is 10.2 Å². The molecule has 0 unspecified atom stereocenters. The summed E-state index contributed by atoms with van der Waals surface area (Å²) in [7, 11) is 0. The fraction of sp³-hybridized carbons (Fsp3) is 0.455. The van der Waals surface area contributed by atoms with Crippen molar-refractivity contribution in [1.82, 2.24) is 0 Å². The van der Waals surface area contributed by atoms with Gasteiger partial charge in [0.1, 0.15) is 5.75 Å². The molecule has 0 radical (unpaired) electrons. The summed E-state index contributed by atoms with van der Waals surface area (Å²) in [5.74, 6) is 0.149. The van der Waals surface area contributed by atoms with E-state index in [0.717, 1.165) is 5.56 Å². The van der Waals surface area contributed by atoms with Gasteiger partial charge in [0.15, 0.2) is 0 Å². The Bertz CT molecular complexity index is 312. The molecule has 0 spiro atoms. The number of phenolic OH excluding ortho intramolecular Hbond substituents is 1. The number of hydrogen-bond acceptors (Lipinski definition) is 3. The van der Waals surface area contributed by atoms with Crippen molar-refractivity contribution in [2.45, 2.75) is 32.4 Å². The van der Waals surface area contributed by atoms with Gasteiger partial charge in [-0.3, -0.25) is 0 Å². The molecular weight excluding hydrogens is 178 g/mol. The number of aromatic hydroxyl groups is 1. The third-order valence-corrected chi connectivity index (χ3v) is 2.37. The fourth-order valence-corrected chi connectivity index (χ4v) is 1.40. The first-order valence-corrected chi connectivity index (χ1v) is 4.79. The first-order chi connectivity index (χ1) is 6.56. The van der Waals surface area contributed by atoms with E-state index in [2.05, 4.69) is 0 Å². The Labute approximate surface area is 84.2 Å². The van der Waals surface area contributed by atoms with Crippen molar-refractivity contribution in [2.75, 3.05) is 0 Å². The molecule has 78 valence electrons. The Hall–Kier alpha value is -1.06. The molecule has 0 saturated carbocycles. The number of aryl methyl sites for hydroxylation is 1. The van der Waals surface area contributed by atoms with E-state index in [1.54, 1.807) is 12.1 Å². The van der Waals surface area contributed by atoms with Gasteiger partial charge in [-0.05, 0) is 19.4 Å². The molecule has 2 atom stereocenters. The molecule has 0 heterocycles. The standard InChI is InChI=1S/C11H17NO2/c1-3-9(13)11(12)8-6-7(2)4-5-10(8)14/h4-6,9,11,13-14H,3,12H2,1-2H3/t9-,11+/m0/s1. The Balaban J connectivity index is 2.99. The van der Waals surface area contributed by atoms with Crippen molar-refractivity contribution in [3.05, 3.63) is 29.3 Å². The fourth-order valence-electron chi connectivity index (χ4n) is 1.40. The van der Waals surface area contributed by atoms with Gasteiger partial charge in [0.05, 0.1) is 12.1 Å². The maximum atomic E-state index is 9.56. The van der Waals surface area contributed by atoms with E-state index >= 15 is 0 Å². The van der Waals surface area contributed by atoms with Gasteiger partial charge in [0.25, 0.3) is 0 Å². The van der Waals surface area contributed by atoms with E-state index in [1.807, 2.05) is 19.9 Å². The normalized spacial score (nSPS) is 15.1. The average molecular weight is 195 g/mol. The second-order valence-corrected chi connectivity index (χ2v) is 3.56. The smallest absolute Gasteiger partial charge is 0.120 e. The highest BCUT2D eigenvalue weighted by molar-refractivity contribution is 5.38. The summed E-state index contributed by atoms with van der Waals surface area (Å²) in [5, 5.41) is 19.1. The van der Waals surface area contributed by atoms with Gasteiger partial charge in [-0.25, -0.2) is 0 Å². The number of rotatable bonds is 3. The average Bonchev–Trinajstić information content (AvgIpc) is 2.19. The molecule has 3 nitrogen and oxygen atoms in total. The molecule has 0 amide bonds. The molecular formula is C11H17NO2. The summed E-state index contributed by atoms with van der Waals surface area (Å²) in [6, 6.07) is 4.70. The highest BCUT2D eigenvalue weighted by atomic mass is 16.3. The molecule has 1 aromatic rings. The van der Waals surface area contributed by atoms with E-state index < -0.39 is 12.1 Å². The minimum atomic E-state index is -0.609. The Morgan fingerprint density at radius 1 is 1.43 bits per heavy atom. The molecule has 0 bridgehead atoms. The largest absolute Gasteiger partial charge is 0.508 e. The maximum absolute atomic E-state index is 9.56. The lowest BCUT2D eigenvalue weighted by Crippen LogP contribution is -2.25. The van der Waals surface area contributed by atoms with Gasteiger partial charge in [-0.1, -0.05) is 24.6 Å². The van der Waals surface area contributed by atoms with Crippen molar-refractivity contribution >= 4 is 0 Å². The van der Waals surface area contributed by atoms with Gasteiger partial charge in [-0.15, -0.1) is 0 Å². The van der Waals surface area contributed by atoms with E-state index in [9.17, 15) is 10.2 Å². The molecule has 1 rings (SSSR count). The van der Waals surface area contributed by atoms with Crippen LogP contribution in [0.5, 0.6) is 5.75 Å². The minimum absolute atomic E-state index is 0.149. The first kappa shape index (κ1) is 11.0. The number of hydrogen-bond donors (Lipinski definition) is 3. The molecule has 0 aliphatic heterocycles. The van der Waals surface area contributed by atoms with Crippen LogP contribution in [0, 0.1) is 6.92 Å². The third kappa shape index (κ3) is 2.25. The van der Waals surface area contributed by atoms with Crippen molar-refractivity contribution in [3.63, 3.8) is 0 Å². The maximum Gasteiger partial charge on any atom is 0.120 e. The number of nitrogens with two attached hydrogens (primary N) is 1. The summed E-state index contributed by atoms with van der Waals surface area (Å²) in [4.78, 5) is 0. The van der Waals surface area contributed by atoms with E-state index in [0.29, 0.717) is 12.0 Å². The summed E-state index contributed by atoms with van der Waals surface area (Å²) in [6.45, 7) is 3.78. The molecule has 0 aliphatic rings. The highest BCUT2D eigenvalue weighted by Crippen LogP contribution is 2.26. The van der Waals surface area contributed by atoms with Gasteiger partial charge >= 0.3 is 0 Å². The predicted molar refractivity (Wildman–Crippen MR) is 56.1 cm³/mol. The molecule has 4 N–H and O–H groups in total. The number of aliphatic hydroxyl groups excluding tert-OH is 1. The van der Waals surface area contributed by atoms with Gasteiger partial charge in [0.2, 0.25) is 0 Å². The van der Waals surface area contributed by atoms with Crippen molar-refractivity contribution in [1.29, 1.82) is 0 Å². The number of phenols is 1. The van der Waals surface area contributed by atoms with Gasteiger partial charge in [-0.2, -0.15) is 0 Å². The number of aliphatic hydroxyl groups is 1. The molecule has 3 heteroatoms. The first-order valence-electron chi connectivity index (χ1n) is 4.79. The second kappa shape index (κ2) is 4.44. The van der Waals surface area contributed by atoms with Crippen LogP contribution in [0.3, 0.4) is 0 Å². The molecule has 0 fully saturated rings. The van der Waals surface area contributed by atoms with Crippen LogP contribution in [0.2, 0.25) is 0 Å². The minimum Gasteiger partial charge on any atom is -0.508 e. The highest BCUT2D eigenvalue weighted by Gasteiger charge is 2.17. The summed E-state index contributed by atoms with van der Waals surface area (Å²) in [5.41, 5.74) is 7.44. The lowest BCUT2D eigenvalue weighted by Gasteiger charge is -2.19. The SMILES string of the molecule is CC[C@H](O)[C@H](N)c1cc(C)ccc1O. The molecule has 0 aliphatic carbocycles. The Morgan fingerprint density at radius 2 is 2.07 bits per heavy atom. The summed E-state index contributed by atoms with van der Waals surface area (Å²) < 4.78 is 0. The monoisotopic (exact) mass is 195 g/mol. The van der Waals surface area contributed by atoms with Crippen LogP contribution in [0.25, 0.3) is 0 Å². The van der Waals surface area contributed by atoms with E-state index in [1.165, 1.54) is 0 Å². The summed E-state index contributed by atoms with van der Waals surface area (Å²) in [6.07, 6.45) is -0.0307. The summed E-state index contributed by atoms with van der Waals surface area (Å²) >= 11 is 0. The zero-order valence-electron chi connectivity index (χ0n) is 8.57. The van der Waals surface area contributed by atoms with Crippen LogP contribution in [0.1, 0.15) is 30.5 Å². The van der Waals surface area contributed by atoms with Crippen LogP contribution >= 0.6 is 0 Å². The lowest BCUT2D eigenvalue weighted by atomic mass is 9.98. The van der Waals surface area contributed by atoms with Crippen molar-refractivity contribution in [2.24, 2.45) is 5.73 Å². The van der Waals surface area contributed by atoms with E-state index in [4.69, 9.17) is 5.73 Å². The van der Waals surface area contributed by atoms with Gasteiger partial charge < -0.3 is 15.9 Å². The Morgan fingerprint density at radius 3 is 2.64 bits per heavy atom. The number of benzene rings is 1. The quantitative estimate of drug-likeness (QED) is 0.684. The topological polar surface area (TPSA) is 66.5 Å².